The van der Waals surface area contributed by atoms with Crippen molar-refractivity contribution < 1.29 is 38.0 Å². The number of para-hydroxylation sites is 4. The van der Waals surface area contributed by atoms with Gasteiger partial charge in [0.25, 0.3) is 0 Å². The van der Waals surface area contributed by atoms with Gasteiger partial charge < -0.3 is 39.1 Å². The molecule has 0 aromatic heterocycles. The Labute approximate surface area is 198 Å². The largest absolute Gasteiger partial charge is 0.493 e. The molecule has 2 aliphatic heterocycles. The molecule has 0 saturated carbocycles. The van der Waals surface area contributed by atoms with E-state index in [4.69, 9.17) is 28.4 Å². The maximum Gasteiger partial charge on any atom is 0.407 e. The van der Waals surface area contributed by atoms with Gasteiger partial charge in [0.2, 0.25) is 0 Å². The minimum Gasteiger partial charge on any atom is -0.493 e. The molecule has 4 rings (SSSR count). The number of alkyl carbamates (subject to hydrolysis) is 2. The van der Waals surface area contributed by atoms with E-state index in [-0.39, 0.29) is 25.7 Å². The Morgan fingerprint density at radius 2 is 1.09 bits per heavy atom. The van der Waals surface area contributed by atoms with Crippen LogP contribution in [0.4, 0.5) is 9.59 Å². The summed E-state index contributed by atoms with van der Waals surface area (Å²) in [6.45, 7) is 1.60. The minimum absolute atomic E-state index is 0. The van der Waals surface area contributed by atoms with E-state index in [1.165, 1.54) is 0 Å². The van der Waals surface area contributed by atoms with Crippen molar-refractivity contribution in [3.8, 4) is 23.0 Å². The van der Waals surface area contributed by atoms with Crippen LogP contribution in [0.25, 0.3) is 0 Å². The molecule has 2 fully saturated rings. The number of cyclic esters (lactones) is 2. The number of hydrogen-bond acceptors (Lipinski definition) is 8. The SMILES string of the molecule is COc1ccccc1OCC1CNC(=O)O1.COc1ccccc1OCC1CNC(=O)O1.S. The van der Waals surface area contributed by atoms with E-state index in [9.17, 15) is 9.59 Å². The zero-order valence-corrected chi connectivity index (χ0v) is 19.4. The molecule has 2 atom stereocenters. The Kier molecular flexibility index (Phi) is 10.3. The number of benzene rings is 2. The molecule has 2 aliphatic rings. The zero-order valence-electron chi connectivity index (χ0n) is 18.4. The number of hydrogen-bond donors (Lipinski definition) is 2. The maximum atomic E-state index is 10.8. The second kappa shape index (κ2) is 13.2. The average molecular weight is 481 g/mol. The first kappa shape index (κ1) is 25.8. The highest BCUT2D eigenvalue weighted by Gasteiger charge is 2.24. The van der Waals surface area contributed by atoms with Crippen LogP contribution in [0.2, 0.25) is 0 Å². The zero-order chi connectivity index (χ0) is 22.8. The molecule has 10 nitrogen and oxygen atoms in total. The van der Waals surface area contributed by atoms with Gasteiger partial charge in [-0.15, -0.1) is 0 Å². The third-order valence-electron chi connectivity index (χ3n) is 4.48. The van der Waals surface area contributed by atoms with Crippen LogP contribution in [0, 0.1) is 0 Å². The number of nitrogens with one attached hydrogen (secondary N) is 2. The molecule has 33 heavy (non-hydrogen) atoms. The van der Waals surface area contributed by atoms with Crippen LogP contribution in [-0.4, -0.2) is 64.9 Å². The summed E-state index contributed by atoms with van der Waals surface area (Å²) >= 11 is 0. The summed E-state index contributed by atoms with van der Waals surface area (Å²) in [5.74, 6) is 2.63. The quantitative estimate of drug-likeness (QED) is 0.593. The Morgan fingerprint density at radius 3 is 1.39 bits per heavy atom. The first-order chi connectivity index (χ1) is 15.6. The monoisotopic (exact) mass is 480 g/mol. The average Bonchev–Trinajstić information content (AvgIpc) is 3.44. The number of methoxy groups -OCH3 is 2. The third kappa shape index (κ3) is 7.86. The van der Waals surface area contributed by atoms with Gasteiger partial charge in [0.15, 0.2) is 35.2 Å². The van der Waals surface area contributed by atoms with Gasteiger partial charge in [-0.2, -0.15) is 13.5 Å². The number of carbonyl (C=O) groups is 2. The van der Waals surface area contributed by atoms with Gasteiger partial charge in [0, 0.05) is 0 Å². The first-order valence-corrected chi connectivity index (χ1v) is 9.99. The van der Waals surface area contributed by atoms with Crippen LogP contribution in [0.15, 0.2) is 48.5 Å². The molecule has 2 unspecified atom stereocenters. The van der Waals surface area contributed by atoms with Crippen LogP contribution in [0.3, 0.4) is 0 Å². The van der Waals surface area contributed by atoms with Crippen molar-refractivity contribution in [1.29, 1.82) is 0 Å². The fourth-order valence-electron chi connectivity index (χ4n) is 2.89. The van der Waals surface area contributed by atoms with Gasteiger partial charge in [-0.3, -0.25) is 0 Å². The topological polar surface area (TPSA) is 114 Å². The second-order valence-electron chi connectivity index (χ2n) is 6.74. The molecule has 180 valence electrons. The normalized spacial score (nSPS) is 18.2. The highest BCUT2D eigenvalue weighted by Crippen LogP contribution is 2.27. The summed E-state index contributed by atoms with van der Waals surface area (Å²) in [7, 11) is 3.17. The summed E-state index contributed by atoms with van der Waals surface area (Å²) < 4.78 is 31.2. The maximum absolute atomic E-state index is 10.8. The Morgan fingerprint density at radius 1 is 0.727 bits per heavy atom. The minimum atomic E-state index is -0.395. The highest BCUT2D eigenvalue weighted by atomic mass is 32.1. The Bertz CT molecular complexity index is 840. The molecule has 11 heteroatoms. The highest BCUT2D eigenvalue weighted by molar-refractivity contribution is 7.59. The summed E-state index contributed by atoms with van der Waals surface area (Å²) in [5.41, 5.74) is 0. The summed E-state index contributed by atoms with van der Waals surface area (Å²) in [6.07, 6.45) is -1.27. The summed E-state index contributed by atoms with van der Waals surface area (Å²) in [5, 5.41) is 5.12. The predicted molar refractivity (Wildman–Crippen MR) is 124 cm³/mol. The van der Waals surface area contributed by atoms with Crippen LogP contribution in [-0.2, 0) is 9.47 Å². The number of rotatable bonds is 8. The predicted octanol–water partition coefficient (Wildman–Crippen LogP) is 2.48. The van der Waals surface area contributed by atoms with Gasteiger partial charge in [-0.1, -0.05) is 24.3 Å². The molecule has 2 heterocycles. The van der Waals surface area contributed by atoms with Crippen molar-refractivity contribution in [2.75, 3.05) is 40.5 Å². The van der Waals surface area contributed by atoms with Crippen molar-refractivity contribution in [3.63, 3.8) is 0 Å². The lowest BCUT2D eigenvalue weighted by molar-refractivity contribution is 0.103. The van der Waals surface area contributed by atoms with Gasteiger partial charge >= 0.3 is 12.2 Å². The molecular formula is C22H28N2O8S. The van der Waals surface area contributed by atoms with Crippen molar-refractivity contribution >= 4 is 25.7 Å². The molecule has 2 aromatic carbocycles. The van der Waals surface area contributed by atoms with Crippen molar-refractivity contribution in [2.24, 2.45) is 0 Å². The molecule has 2 aromatic rings. The van der Waals surface area contributed by atoms with Crippen molar-refractivity contribution in [2.45, 2.75) is 12.2 Å². The lowest BCUT2D eigenvalue weighted by Gasteiger charge is -2.12. The standard InChI is InChI=1S/2C11H13NO4.H2S/c2*1-14-9-4-2-3-5-10(9)15-7-8-6-12-11(13)16-8;/h2*2-5,8H,6-7H2,1H3,(H,12,13);1H2. The van der Waals surface area contributed by atoms with Crippen LogP contribution in [0.5, 0.6) is 23.0 Å². The van der Waals surface area contributed by atoms with Gasteiger partial charge in [0.1, 0.15) is 13.2 Å². The van der Waals surface area contributed by atoms with E-state index in [1.807, 2.05) is 48.5 Å². The third-order valence-corrected chi connectivity index (χ3v) is 4.48. The molecule has 2 amide bonds. The van der Waals surface area contributed by atoms with Crippen LogP contribution >= 0.6 is 13.5 Å². The van der Waals surface area contributed by atoms with Gasteiger partial charge in [-0.05, 0) is 24.3 Å². The van der Waals surface area contributed by atoms with Crippen LogP contribution in [0.1, 0.15) is 0 Å². The summed E-state index contributed by atoms with van der Waals surface area (Å²) in [6, 6.07) is 14.7. The van der Waals surface area contributed by atoms with Crippen molar-refractivity contribution in [3.05, 3.63) is 48.5 Å². The molecule has 0 radical (unpaired) electrons. The van der Waals surface area contributed by atoms with Gasteiger partial charge in [-0.25, -0.2) is 9.59 Å². The molecule has 2 N–H and O–H groups in total. The van der Waals surface area contributed by atoms with E-state index < -0.39 is 12.2 Å². The van der Waals surface area contributed by atoms with Crippen LogP contribution < -0.4 is 29.6 Å². The fraction of sp³-hybridized carbons (Fsp3) is 0.364. The second-order valence-corrected chi connectivity index (χ2v) is 6.74. The van der Waals surface area contributed by atoms with Gasteiger partial charge in [0.05, 0.1) is 27.3 Å². The van der Waals surface area contributed by atoms with E-state index in [0.29, 0.717) is 49.3 Å². The molecule has 0 aliphatic carbocycles. The number of ether oxygens (including phenoxy) is 6. The molecule has 2 saturated heterocycles. The van der Waals surface area contributed by atoms with Crippen molar-refractivity contribution in [1.82, 2.24) is 10.6 Å². The van der Waals surface area contributed by atoms with E-state index >= 15 is 0 Å². The lowest BCUT2D eigenvalue weighted by Crippen LogP contribution is -2.22. The number of amides is 2. The first-order valence-electron chi connectivity index (χ1n) is 9.99. The Hall–Kier alpha value is -3.47. The molecule has 0 bridgehead atoms. The molecular weight excluding hydrogens is 452 g/mol. The number of carbonyl (C=O) groups excluding carboxylic acids is 2. The fourth-order valence-corrected chi connectivity index (χ4v) is 2.89. The lowest BCUT2D eigenvalue weighted by atomic mass is 10.3. The Balaban J connectivity index is 0.000000227. The summed E-state index contributed by atoms with van der Waals surface area (Å²) in [4.78, 5) is 21.5. The van der Waals surface area contributed by atoms with E-state index in [2.05, 4.69) is 10.6 Å². The van der Waals surface area contributed by atoms with E-state index in [1.54, 1.807) is 14.2 Å². The smallest absolute Gasteiger partial charge is 0.407 e. The van der Waals surface area contributed by atoms with E-state index in [0.717, 1.165) is 0 Å². The molecule has 0 spiro atoms.